The third kappa shape index (κ3) is 15.5. The van der Waals surface area contributed by atoms with E-state index in [-0.39, 0.29) is 29.8 Å². The smallest absolute Gasteiger partial charge is 0.338 e. The number of benzene rings is 3. The fraction of sp³-hybridized carbons (Fsp3) is 0.381. The average molecular weight is 714 g/mol. The highest BCUT2D eigenvalue weighted by Crippen LogP contribution is 2.40. The normalized spacial score (nSPS) is 13.7. The van der Waals surface area contributed by atoms with Gasteiger partial charge in [-0.15, -0.1) is 12.3 Å². The molecular weight excluding hydrogens is 658 g/mol. The number of rotatable bonds is 12. The molecule has 3 N–H and O–H groups in total. The maximum absolute atomic E-state index is 13.4. The zero-order valence-electron chi connectivity index (χ0n) is 32.2. The minimum Gasteiger partial charge on any atom is -0.485 e. The number of terminal acetylenes is 1. The molecule has 0 spiro atoms. The van der Waals surface area contributed by atoms with Crippen LogP contribution in [0.5, 0.6) is 11.5 Å². The van der Waals surface area contributed by atoms with E-state index in [0.717, 1.165) is 11.8 Å². The van der Waals surface area contributed by atoms with Crippen molar-refractivity contribution in [1.82, 2.24) is 0 Å². The van der Waals surface area contributed by atoms with Crippen LogP contribution in [0.1, 0.15) is 107 Å². The van der Waals surface area contributed by atoms with Crippen molar-refractivity contribution in [3.63, 3.8) is 0 Å². The van der Waals surface area contributed by atoms with E-state index in [1.54, 1.807) is 96.1 Å². The van der Waals surface area contributed by atoms with Gasteiger partial charge in [0.15, 0.2) is 11.5 Å². The number of hydrogen-bond donors (Lipinski definition) is 3. The van der Waals surface area contributed by atoms with Crippen LogP contribution in [0.25, 0.3) is 0 Å². The number of anilines is 3. The van der Waals surface area contributed by atoms with Crippen LogP contribution in [-0.2, 0) is 9.53 Å². The van der Waals surface area contributed by atoms with Gasteiger partial charge in [0.05, 0.1) is 22.9 Å². The molecule has 0 bridgehead atoms. The molecule has 1 saturated carbocycles. The highest BCUT2D eigenvalue weighted by atomic mass is 16.6. The first-order valence-corrected chi connectivity index (χ1v) is 17.3. The van der Waals surface area contributed by atoms with Gasteiger partial charge in [-0.05, 0) is 120 Å². The molecule has 0 saturated heterocycles. The predicted octanol–water partition coefficient (Wildman–Crippen LogP) is 9.39. The molecule has 1 aliphatic carbocycles. The lowest BCUT2D eigenvalue weighted by molar-refractivity contribution is -0.105. The van der Waals surface area contributed by atoms with Crippen LogP contribution in [0.3, 0.4) is 0 Å². The Hall–Kier alpha value is -5.56. The van der Waals surface area contributed by atoms with Crippen molar-refractivity contribution in [2.45, 2.75) is 87.4 Å². The number of ether oxygens (including phenoxy) is 3. The fourth-order valence-electron chi connectivity index (χ4n) is 4.19. The SMILES string of the molecule is C#CC.C=CCOc1c(C(=O)Nc2ccc(C(=O)OC(C)(C)C)cc2)ccc(NC(=O)c2ccc(NC=O)cc2)c1OC(C)C.CC.CC1CC1C. The maximum Gasteiger partial charge on any atom is 0.338 e. The molecule has 3 aromatic carbocycles. The lowest BCUT2D eigenvalue weighted by Crippen LogP contribution is -2.23. The molecule has 2 atom stereocenters. The van der Waals surface area contributed by atoms with Crippen molar-refractivity contribution >= 4 is 41.3 Å². The molecular formula is C42H55N3O7. The first-order valence-electron chi connectivity index (χ1n) is 17.3. The summed E-state index contributed by atoms with van der Waals surface area (Å²) in [5.74, 6) is 3.25. The lowest BCUT2D eigenvalue weighted by Gasteiger charge is -2.21. The number of carbonyl (C=O) groups is 4. The lowest BCUT2D eigenvalue weighted by atomic mass is 10.1. The van der Waals surface area contributed by atoms with E-state index in [4.69, 9.17) is 14.2 Å². The van der Waals surface area contributed by atoms with Gasteiger partial charge in [0.1, 0.15) is 12.2 Å². The first-order chi connectivity index (χ1) is 24.6. The van der Waals surface area contributed by atoms with Gasteiger partial charge >= 0.3 is 5.97 Å². The Bertz CT molecular complexity index is 1640. The Kier molecular flexibility index (Phi) is 19.1. The topological polar surface area (TPSA) is 132 Å². The Morgan fingerprint density at radius 1 is 0.885 bits per heavy atom. The van der Waals surface area contributed by atoms with Crippen LogP contribution in [0, 0.1) is 24.2 Å². The standard InChI is InChI=1S/C32H35N3O7.C5H10.C3H4.C2H6/c1-7-18-40-27-25(30(38)34-24-14-10-22(11-15-24)31(39)42-32(4,5)6)16-17-26(28(27)41-20(2)3)35-29(37)21-8-12-23(13-9-21)33-19-36;1-4-3-5(4)2;1-3-2;1-2/h7-17,19-20H,1,18H2,2-6H3,(H,33,36)(H,34,38)(H,35,37);4-5H,3H2,1-2H3;1H,2H3;1-2H3. The van der Waals surface area contributed by atoms with Crippen LogP contribution in [-0.4, -0.2) is 42.5 Å². The first kappa shape index (κ1) is 44.5. The summed E-state index contributed by atoms with van der Waals surface area (Å²) in [6, 6.07) is 15.7. The molecule has 52 heavy (non-hydrogen) atoms. The number of amides is 3. The van der Waals surface area contributed by atoms with E-state index >= 15 is 0 Å². The highest BCUT2D eigenvalue weighted by Gasteiger charge is 2.26. The molecule has 0 radical (unpaired) electrons. The van der Waals surface area contributed by atoms with Crippen molar-refractivity contribution in [1.29, 1.82) is 0 Å². The van der Waals surface area contributed by atoms with Crippen LogP contribution < -0.4 is 25.4 Å². The summed E-state index contributed by atoms with van der Waals surface area (Å²) in [5.41, 5.74) is 1.49. The summed E-state index contributed by atoms with van der Waals surface area (Å²) in [5, 5.41) is 8.13. The van der Waals surface area contributed by atoms with E-state index in [0.29, 0.717) is 34.6 Å². The van der Waals surface area contributed by atoms with Crippen LogP contribution >= 0.6 is 0 Å². The second kappa shape index (κ2) is 22.3. The highest BCUT2D eigenvalue weighted by molar-refractivity contribution is 6.09. The molecule has 0 aliphatic heterocycles. The average Bonchev–Trinajstić information content (AvgIpc) is 3.76. The number of nitrogens with one attached hydrogen (secondary N) is 3. The molecule has 0 aromatic heterocycles. The molecule has 1 aliphatic rings. The Morgan fingerprint density at radius 2 is 1.40 bits per heavy atom. The van der Waals surface area contributed by atoms with Crippen molar-refractivity contribution in [2.24, 2.45) is 11.8 Å². The van der Waals surface area contributed by atoms with Crippen molar-refractivity contribution in [3.05, 3.63) is 90.0 Å². The van der Waals surface area contributed by atoms with Gasteiger partial charge in [-0.3, -0.25) is 14.4 Å². The Labute approximate surface area is 309 Å². The van der Waals surface area contributed by atoms with Gasteiger partial charge in [-0.1, -0.05) is 40.3 Å². The monoisotopic (exact) mass is 713 g/mol. The minimum absolute atomic E-state index is 0.0713. The predicted molar refractivity (Wildman–Crippen MR) is 210 cm³/mol. The second-order valence-corrected chi connectivity index (χ2v) is 12.9. The Balaban J connectivity index is 0.00000119. The zero-order valence-corrected chi connectivity index (χ0v) is 32.2. The summed E-state index contributed by atoms with van der Waals surface area (Å²) in [7, 11) is 0. The van der Waals surface area contributed by atoms with Gasteiger partial charge in [0.25, 0.3) is 11.8 Å². The molecule has 10 nitrogen and oxygen atoms in total. The van der Waals surface area contributed by atoms with E-state index in [1.807, 2.05) is 13.8 Å². The number of esters is 1. The Morgan fingerprint density at radius 3 is 1.87 bits per heavy atom. The van der Waals surface area contributed by atoms with Crippen molar-refractivity contribution in [3.8, 4) is 23.8 Å². The van der Waals surface area contributed by atoms with E-state index in [1.165, 1.54) is 18.6 Å². The largest absolute Gasteiger partial charge is 0.485 e. The van der Waals surface area contributed by atoms with Gasteiger partial charge in [-0.2, -0.15) is 0 Å². The molecule has 10 heteroatoms. The summed E-state index contributed by atoms with van der Waals surface area (Å²) >= 11 is 0. The molecule has 1 fully saturated rings. The van der Waals surface area contributed by atoms with E-state index < -0.39 is 23.4 Å². The second-order valence-electron chi connectivity index (χ2n) is 12.9. The molecule has 3 aromatic rings. The molecule has 0 heterocycles. The van der Waals surface area contributed by atoms with Crippen LogP contribution in [0.4, 0.5) is 17.1 Å². The van der Waals surface area contributed by atoms with Crippen LogP contribution in [0.15, 0.2) is 73.3 Å². The summed E-state index contributed by atoms with van der Waals surface area (Å²) in [6.07, 6.45) is 7.82. The van der Waals surface area contributed by atoms with Crippen molar-refractivity contribution < 1.29 is 33.4 Å². The minimum atomic E-state index is -0.633. The molecule has 3 amide bonds. The quantitative estimate of drug-likeness (QED) is 0.0738. The molecule has 280 valence electrons. The fourth-order valence-corrected chi connectivity index (χ4v) is 4.19. The van der Waals surface area contributed by atoms with E-state index in [2.05, 4.69) is 48.7 Å². The molecule has 4 rings (SSSR count). The number of carbonyl (C=O) groups excluding carboxylic acids is 4. The number of hydrogen-bond acceptors (Lipinski definition) is 7. The molecule has 2 unspecified atom stereocenters. The maximum atomic E-state index is 13.4. The summed E-state index contributed by atoms with van der Waals surface area (Å²) < 4.78 is 17.3. The van der Waals surface area contributed by atoms with Crippen LogP contribution in [0.2, 0.25) is 0 Å². The van der Waals surface area contributed by atoms with Crippen molar-refractivity contribution in [2.75, 3.05) is 22.6 Å². The van der Waals surface area contributed by atoms with Gasteiger partial charge in [-0.25, -0.2) is 4.79 Å². The summed E-state index contributed by atoms with van der Waals surface area (Å²) in [6.45, 7) is 23.0. The zero-order chi connectivity index (χ0) is 39.4. The summed E-state index contributed by atoms with van der Waals surface area (Å²) in [4.78, 5) is 49.4. The van der Waals surface area contributed by atoms with Gasteiger partial charge in [0.2, 0.25) is 6.41 Å². The van der Waals surface area contributed by atoms with E-state index in [9.17, 15) is 19.2 Å². The van der Waals surface area contributed by atoms with Gasteiger partial charge in [0, 0.05) is 16.9 Å². The third-order valence-electron chi connectivity index (χ3n) is 6.97. The van der Waals surface area contributed by atoms with Gasteiger partial charge < -0.3 is 30.2 Å². The third-order valence-corrected chi connectivity index (χ3v) is 6.97.